The highest BCUT2D eigenvalue weighted by atomic mass is 16.2. The molecular formula is C63H73N11O7. The van der Waals surface area contributed by atoms with Gasteiger partial charge < -0.3 is 10.2 Å². The zero-order valence-electron chi connectivity index (χ0n) is 47.5. The molecule has 6 aromatic carbocycles. The number of hydrogen-bond acceptors (Lipinski definition) is 11. The summed E-state index contributed by atoms with van der Waals surface area (Å²) in [5, 5.41) is 10.2. The Labute approximate surface area is 474 Å². The van der Waals surface area contributed by atoms with E-state index in [1.165, 1.54) is 26.5 Å². The normalized spacial score (nSPS) is 21.0. The molecule has 0 aliphatic carbocycles. The number of carbonyl (C=O) groups excluding carboxylic acids is 7. The lowest BCUT2D eigenvalue weighted by atomic mass is 9.95. The van der Waals surface area contributed by atoms with Crippen LogP contribution in [0.2, 0.25) is 0 Å². The van der Waals surface area contributed by atoms with Crippen LogP contribution in [-0.4, -0.2) is 80.1 Å². The molecule has 18 heteroatoms. The second-order valence-corrected chi connectivity index (χ2v) is 21.4. The molecule has 0 spiro atoms. The van der Waals surface area contributed by atoms with Crippen LogP contribution >= 0.6 is 0 Å². The topological polar surface area (TPSA) is 199 Å². The summed E-state index contributed by atoms with van der Waals surface area (Å²) in [5.41, 5.74) is 22.5. The van der Waals surface area contributed by atoms with Gasteiger partial charge in [0.1, 0.15) is 0 Å². The Bertz CT molecular complexity index is 3250. The van der Waals surface area contributed by atoms with Gasteiger partial charge in [-0.2, -0.15) is 0 Å². The number of amides is 8. The molecule has 422 valence electrons. The largest absolute Gasteiger partial charge is 0.331 e. The molecule has 0 aromatic heterocycles. The van der Waals surface area contributed by atoms with E-state index in [1.54, 1.807) is 44.2 Å². The number of urea groups is 1. The molecule has 11 rings (SSSR count). The zero-order valence-corrected chi connectivity index (χ0v) is 47.5. The van der Waals surface area contributed by atoms with Crippen LogP contribution in [0.1, 0.15) is 80.8 Å². The summed E-state index contributed by atoms with van der Waals surface area (Å²) in [6.45, 7) is 15.6. The third-order valence-electron chi connectivity index (χ3n) is 14.8. The molecule has 0 saturated carbocycles. The van der Waals surface area contributed by atoms with Crippen LogP contribution in [0, 0.1) is 37.5 Å². The molecule has 5 heterocycles. The van der Waals surface area contributed by atoms with Gasteiger partial charge in [-0.15, -0.1) is 0 Å². The second kappa shape index (κ2) is 25.7. The van der Waals surface area contributed by atoms with Gasteiger partial charge in [0.15, 0.2) is 0 Å². The molecule has 5 N–H and O–H groups in total. The maximum atomic E-state index is 12.3. The fourth-order valence-corrected chi connectivity index (χ4v) is 9.90. The molecule has 6 aromatic rings. The number of benzene rings is 6. The molecule has 8 amide bonds. The predicted octanol–water partition coefficient (Wildman–Crippen LogP) is 8.76. The van der Waals surface area contributed by atoms with Gasteiger partial charge >= 0.3 is 6.03 Å². The summed E-state index contributed by atoms with van der Waals surface area (Å²) in [6.07, 6.45) is 1.25. The maximum absolute atomic E-state index is 12.3. The van der Waals surface area contributed by atoms with Gasteiger partial charge in [0.25, 0.3) is 0 Å². The molecule has 5 fully saturated rings. The molecule has 6 unspecified atom stereocenters. The Kier molecular flexibility index (Phi) is 18.4. The van der Waals surface area contributed by atoms with Gasteiger partial charge in [-0.05, 0) is 104 Å². The van der Waals surface area contributed by atoms with Crippen molar-refractivity contribution in [1.29, 1.82) is 0 Å². The van der Waals surface area contributed by atoms with Crippen LogP contribution in [-0.2, 0) is 35.2 Å². The van der Waals surface area contributed by atoms with E-state index >= 15 is 0 Å². The molecule has 0 bridgehead atoms. The van der Waals surface area contributed by atoms with Crippen molar-refractivity contribution in [2.45, 2.75) is 73.3 Å². The zero-order chi connectivity index (χ0) is 58.1. The first-order valence-corrected chi connectivity index (χ1v) is 27.4. The lowest BCUT2D eigenvalue weighted by molar-refractivity contribution is -0.123. The van der Waals surface area contributed by atoms with Gasteiger partial charge in [-0.1, -0.05) is 131 Å². The molecule has 5 aliphatic rings. The van der Waals surface area contributed by atoms with Crippen LogP contribution in [0.3, 0.4) is 0 Å². The van der Waals surface area contributed by atoms with E-state index in [4.69, 9.17) is 0 Å². The van der Waals surface area contributed by atoms with Crippen LogP contribution in [0.15, 0.2) is 152 Å². The third kappa shape index (κ3) is 14.0. The minimum absolute atomic E-state index is 0.00637. The molecule has 0 radical (unpaired) electrons. The number of nitrogens with one attached hydrogen (secondary N) is 5. The molecular weight excluding hydrogens is 1020 g/mol. The Hall–Kier alpha value is -9.19. The van der Waals surface area contributed by atoms with E-state index in [0.29, 0.717) is 25.3 Å². The Balaban J connectivity index is 0.000000142. The number of rotatable bonds is 9. The molecule has 18 nitrogen and oxygen atoms in total. The SMILES string of the molecule is CC1CN(c2ccc(NC(=O)N(C)C)cc2)NC1=O.CC1CN(c2cccc(N3C(=O)CC(C)C3=O)c2)NC1=O.CCc1cccc(N2CC(c3cccc(C)c3)C(=O)N2)c1.Cc1ccc(N2NC(=O)C(C)C2c2ccccc2)cc1. The van der Waals surface area contributed by atoms with Crippen molar-refractivity contribution in [1.82, 2.24) is 26.6 Å². The summed E-state index contributed by atoms with van der Waals surface area (Å²) < 4.78 is 0. The first kappa shape index (κ1) is 58.0. The van der Waals surface area contributed by atoms with E-state index in [2.05, 4.69) is 96.3 Å². The lowest BCUT2D eigenvalue weighted by Gasteiger charge is -2.27. The quantitative estimate of drug-likeness (QED) is 0.0868. The Morgan fingerprint density at radius 2 is 1.09 bits per heavy atom. The lowest BCUT2D eigenvalue weighted by Crippen LogP contribution is -2.34. The highest BCUT2D eigenvalue weighted by Gasteiger charge is 2.40. The van der Waals surface area contributed by atoms with E-state index in [-0.39, 0.29) is 83.5 Å². The standard InChI is InChI=1S/C18H20N2O.C17H18N2O.C15H17N3O3.C13H18N4O2/c1-3-14-7-5-9-16(11-14)20-12-17(18(21)19-20)15-8-4-6-13(2)10-15;1-12-8-10-15(11-9-12)19-16(13(2)17(20)18-19)14-6-4-3-5-7-14;1-9-6-13(19)18(15(9)21)12-5-3-4-11(7-12)17-8-10(2)14(20)16-17;1-9-8-17(15-12(9)18)11-6-4-10(5-7-11)14-13(19)16(2)3/h4-11,17H,3,12H2,1-2H3,(H,19,21);3-11,13,16H,1-2H3,(H,18,20);3-5,7,9-10H,6,8H2,1-2H3,(H,16,20);4-7,9H,8H2,1-3H3,(H,14,19)(H,15,18). The van der Waals surface area contributed by atoms with Crippen molar-refractivity contribution in [2.24, 2.45) is 23.7 Å². The maximum Gasteiger partial charge on any atom is 0.321 e. The Morgan fingerprint density at radius 1 is 0.531 bits per heavy atom. The summed E-state index contributed by atoms with van der Waals surface area (Å²) in [6, 6.07) is 49.2. The van der Waals surface area contributed by atoms with Crippen molar-refractivity contribution in [2.75, 3.05) is 64.0 Å². The number of hydrazine groups is 4. The van der Waals surface area contributed by atoms with E-state index in [0.717, 1.165) is 46.0 Å². The average molecular weight is 1100 g/mol. The summed E-state index contributed by atoms with van der Waals surface area (Å²) in [5.74, 6) is -0.730. The first-order valence-electron chi connectivity index (χ1n) is 27.4. The smallest absolute Gasteiger partial charge is 0.321 e. The van der Waals surface area contributed by atoms with Gasteiger partial charge in [-0.25, -0.2) is 4.79 Å². The molecule has 81 heavy (non-hydrogen) atoms. The molecule has 5 aliphatic heterocycles. The molecule has 5 saturated heterocycles. The van der Waals surface area contributed by atoms with Gasteiger partial charge in [0, 0.05) is 32.1 Å². The monoisotopic (exact) mass is 1100 g/mol. The highest BCUT2D eigenvalue weighted by Crippen LogP contribution is 2.36. The number of nitrogens with zero attached hydrogens (tertiary/aromatic N) is 6. The first-order chi connectivity index (χ1) is 38.8. The van der Waals surface area contributed by atoms with Crippen LogP contribution in [0.5, 0.6) is 0 Å². The highest BCUT2D eigenvalue weighted by molar-refractivity contribution is 6.21. The minimum Gasteiger partial charge on any atom is -0.331 e. The average Bonchev–Trinajstić information content (AvgIpc) is 4.48. The fourth-order valence-electron chi connectivity index (χ4n) is 9.90. The summed E-state index contributed by atoms with van der Waals surface area (Å²) >= 11 is 0. The number of carbonyl (C=O) groups is 7. The van der Waals surface area contributed by atoms with Crippen molar-refractivity contribution in [3.05, 3.63) is 179 Å². The number of hydrogen-bond donors (Lipinski definition) is 5. The summed E-state index contributed by atoms with van der Waals surface area (Å²) in [4.78, 5) is 85.5. The number of anilines is 6. The van der Waals surface area contributed by atoms with Crippen LogP contribution in [0.25, 0.3) is 0 Å². The fraction of sp³-hybridized carbons (Fsp3) is 0.317. The van der Waals surface area contributed by atoms with E-state index in [1.807, 2.05) is 121 Å². The minimum atomic E-state index is -0.271. The molecule has 6 atom stereocenters. The van der Waals surface area contributed by atoms with E-state index in [9.17, 15) is 33.6 Å². The number of aryl methyl sites for hydroxylation is 3. The van der Waals surface area contributed by atoms with Crippen LogP contribution in [0.4, 0.5) is 38.9 Å². The predicted molar refractivity (Wildman–Crippen MR) is 317 cm³/mol. The van der Waals surface area contributed by atoms with Crippen molar-refractivity contribution < 1.29 is 33.6 Å². The van der Waals surface area contributed by atoms with Crippen molar-refractivity contribution in [3.8, 4) is 0 Å². The third-order valence-corrected chi connectivity index (χ3v) is 14.8. The second-order valence-electron chi connectivity index (χ2n) is 21.4. The summed E-state index contributed by atoms with van der Waals surface area (Å²) in [7, 11) is 3.37. The van der Waals surface area contributed by atoms with Gasteiger partial charge in [0.2, 0.25) is 35.4 Å². The number of imide groups is 1. The van der Waals surface area contributed by atoms with Gasteiger partial charge in [0.05, 0.1) is 77.8 Å². The Morgan fingerprint density at radius 3 is 1.67 bits per heavy atom. The van der Waals surface area contributed by atoms with Crippen molar-refractivity contribution in [3.63, 3.8) is 0 Å². The van der Waals surface area contributed by atoms with E-state index < -0.39 is 0 Å². The van der Waals surface area contributed by atoms with Crippen LogP contribution < -0.4 is 52.0 Å². The van der Waals surface area contributed by atoms with Gasteiger partial charge in [-0.3, -0.25) is 75.4 Å². The van der Waals surface area contributed by atoms with Crippen molar-refractivity contribution >= 4 is 75.6 Å².